The number of nitro benzene ring substituents is 1. The number of hydrogen-bond acceptors (Lipinski definition) is 3. The summed E-state index contributed by atoms with van der Waals surface area (Å²) < 4.78 is 0. The van der Waals surface area contributed by atoms with Crippen molar-refractivity contribution in [2.45, 2.75) is 45.1 Å². The van der Waals surface area contributed by atoms with Gasteiger partial charge < -0.3 is 4.90 Å². The highest BCUT2D eigenvalue weighted by Gasteiger charge is 2.26. The lowest BCUT2D eigenvalue weighted by atomic mass is 9.93. The molecule has 2 rings (SSSR count). The normalized spacial score (nSPS) is 15.7. The van der Waals surface area contributed by atoms with Crippen LogP contribution in [0.1, 0.15) is 49.4 Å². The molecule has 1 amide bonds. The van der Waals surface area contributed by atoms with Gasteiger partial charge in [-0.15, -0.1) is 0 Å². The third-order valence-electron chi connectivity index (χ3n) is 4.01. The quantitative estimate of drug-likeness (QED) is 0.622. The number of halogens is 1. The van der Waals surface area contributed by atoms with Gasteiger partial charge in [0.2, 0.25) is 0 Å². The highest BCUT2D eigenvalue weighted by Crippen LogP contribution is 2.28. The van der Waals surface area contributed by atoms with Crippen LogP contribution in [0.25, 0.3) is 0 Å². The lowest BCUT2D eigenvalue weighted by molar-refractivity contribution is -0.384. The molecule has 1 aromatic rings. The molecule has 1 aliphatic rings. The van der Waals surface area contributed by atoms with Crippen LogP contribution in [0, 0.1) is 10.1 Å². The van der Waals surface area contributed by atoms with Crippen LogP contribution in [-0.2, 0) is 0 Å². The maximum Gasteiger partial charge on any atom is 0.288 e. The molecule has 0 N–H and O–H groups in total. The number of benzene rings is 1. The predicted octanol–water partition coefficient (Wildman–Crippen LogP) is 4.04. The molecule has 1 saturated carbocycles. The summed E-state index contributed by atoms with van der Waals surface area (Å²) in [7, 11) is 0. The molecule has 0 bridgehead atoms. The summed E-state index contributed by atoms with van der Waals surface area (Å²) in [6.07, 6.45) is 5.50. The lowest BCUT2D eigenvalue weighted by Crippen LogP contribution is -2.41. The molecule has 1 aliphatic carbocycles. The molecule has 5 nitrogen and oxygen atoms in total. The van der Waals surface area contributed by atoms with Gasteiger partial charge in [-0.1, -0.05) is 30.9 Å². The minimum absolute atomic E-state index is 0.0530. The van der Waals surface area contributed by atoms with Crippen LogP contribution in [0.4, 0.5) is 5.69 Å². The summed E-state index contributed by atoms with van der Waals surface area (Å²) >= 11 is 5.79. The molecular formula is C15H19ClN2O3. The fourth-order valence-corrected chi connectivity index (χ4v) is 3.10. The van der Waals surface area contributed by atoms with Crippen LogP contribution in [0.3, 0.4) is 0 Å². The van der Waals surface area contributed by atoms with Crippen LogP contribution in [0.5, 0.6) is 0 Å². The van der Waals surface area contributed by atoms with E-state index >= 15 is 0 Å². The van der Waals surface area contributed by atoms with Crippen LogP contribution < -0.4 is 0 Å². The van der Waals surface area contributed by atoms with Gasteiger partial charge in [-0.2, -0.15) is 0 Å². The van der Waals surface area contributed by atoms with Crippen LogP contribution in [0.15, 0.2) is 18.2 Å². The van der Waals surface area contributed by atoms with E-state index in [0.717, 1.165) is 25.7 Å². The zero-order valence-electron chi connectivity index (χ0n) is 12.0. The summed E-state index contributed by atoms with van der Waals surface area (Å²) in [6.45, 7) is 2.55. The molecule has 0 radical (unpaired) electrons. The van der Waals surface area contributed by atoms with Gasteiger partial charge in [0.25, 0.3) is 11.6 Å². The molecule has 0 aromatic heterocycles. The maximum atomic E-state index is 12.6. The Balaban J connectivity index is 2.24. The minimum Gasteiger partial charge on any atom is -0.336 e. The Bertz CT molecular complexity index is 542. The van der Waals surface area contributed by atoms with Crippen molar-refractivity contribution in [3.05, 3.63) is 38.9 Å². The number of hydrogen-bond donors (Lipinski definition) is 0. The number of nitro groups is 1. The molecule has 1 aromatic carbocycles. The largest absolute Gasteiger partial charge is 0.336 e. The number of rotatable bonds is 4. The van der Waals surface area contributed by atoms with Crippen molar-refractivity contribution in [3.8, 4) is 0 Å². The van der Waals surface area contributed by atoms with E-state index in [1.165, 1.54) is 18.6 Å². The molecule has 6 heteroatoms. The number of amides is 1. The van der Waals surface area contributed by atoms with E-state index < -0.39 is 4.92 Å². The lowest BCUT2D eigenvalue weighted by Gasteiger charge is -2.33. The smallest absolute Gasteiger partial charge is 0.288 e. The van der Waals surface area contributed by atoms with Crippen LogP contribution in [-0.4, -0.2) is 28.3 Å². The minimum atomic E-state index is -0.560. The monoisotopic (exact) mass is 310 g/mol. The van der Waals surface area contributed by atoms with Crippen molar-refractivity contribution in [1.82, 2.24) is 4.90 Å². The van der Waals surface area contributed by atoms with Gasteiger partial charge in [0.15, 0.2) is 0 Å². The zero-order valence-corrected chi connectivity index (χ0v) is 12.8. The van der Waals surface area contributed by atoms with E-state index in [-0.39, 0.29) is 22.7 Å². The SMILES string of the molecule is CCN(C(=O)c1ccc(Cl)c([N+](=O)[O-])c1)C1CCCCC1. The fraction of sp³-hybridized carbons (Fsp3) is 0.533. The van der Waals surface area contributed by atoms with E-state index in [4.69, 9.17) is 11.6 Å². The number of carbonyl (C=O) groups is 1. The molecule has 21 heavy (non-hydrogen) atoms. The Morgan fingerprint density at radius 2 is 2.05 bits per heavy atom. The first kappa shape index (κ1) is 15.8. The average molecular weight is 311 g/mol. The molecular weight excluding hydrogens is 292 g/mol. The second-order valence-corrected chi connectivity index (χ2v) is 5.71. The summed E-state index contributed by atoms with van der Waals surface area (Å²) in [4.78, 5) is 24.8. The predicted molar refractivity (Wildman–Crippen MR) is 81.7 cm³/mol. The van der Waals surface area contributed by atoms with Gasteiger partial charge in [0, 0.05) is 24.2 Å². The molecule has 0 saturated heterocycles. The molecule has 0 unspecified atom stereocenters. The Hall–Kier alpha value is -1.62. The Labute approximate surface area is 129 Å². The zero-order chi connectivity index (χ0) is 15.4. The fourth-order valence-electron chi connectivity index (χ4n) is 2.91. The van der Waals surface area contributed by atoms with E-state index in [2.05, 4.69) is 0 Å². The summed E-state index contributed by atoms with van der Waals surface area (Å²) in [6, 6.07) is 4.49. The van der Waals surface area contributed by atoms with E-state index in [0.29, 0.717) is 12.1 Å². The van der Waals surface area contributed by atoms with E-state index in [9.17, 15) is 14.9 Å². The second kappa shape index (κ2) is 6.89. The van der Waals surface area contributed by atoms with Gasteiger partial charge in [0.05, 0.1) is 4.92 Å². The van der Waals surface area contributed by atoms with Gasteiger partial charge in [-0.05, 0) is 31.9 Å². The van der Waals surface area contributed by atoms with Crippen molar-refractivity contribution >= 4 is 23.2 Å². The van der Waals surface area contributed by atoms with Gasteiger partial charge in [-0.25, -0.2) is 0 Å². The molecule has 1 fully saturated rings. The van der Waals surface area contributed by atoms with Crippen molar-refractivity contribution in [2.75, 3.05) is 6.54 Å². The topological polar surface area (TPSA) is 63.5 Å². The van der Waals surface area contributed by atoms with Gasteiger partial charge >= 0.3 is 0 Å². The first-order valence-corrected chi connectivity index (χ1v) is 7.67. The highest BCUT2D eigenvalue weighted by molar-refractivity contribution is 6.32. The highest BCUT2D eigenvalue weighted by atomic mass is 35.5. The summed E-state index contributed by atoms with van der Waals surface area (Å²) in [5.41, 5.74) is 0.112. The Kier molecular flexibility index (Phi) is 5.17. The Morgan fingerprint density at radius 1 is 1.38 bits per heavy atom. The first-order valence-electron chi connectivity index (χ1n) is 7.29. The standard InChI is InChI=1S/C15H19ClN2O3/c1-2-17(12-6-4-3-5-7-12)15(19)11-8-9-13(16)14(10-11)18(20)21/h8-10,12H,2-7H2,1H3. The molecule has 0 heterocycles. The third-order valence-corrected chi connectivity index (χ3v) is 4.33. The molecule has 0 spiro atoms. The first-order chi connectivity index (χ1) is 10.0. The average Bonchev–Trinajstić information content (AvgIpc) is 2.49. The van der Waals surface area contributed by atoms with Gasteiger partial charge in [-0.3, -0.25) is 14.9 Å². The van der Waals surface area contributed by atoms with Crippen molar-refractivity contribution < 1.29 is 9.72 Å². The van der Waals surface area contributed by atoms with Crippen LogP contribution in [0.2, 0.25) is 5.02 Å². The van der Waals surface area contributed by atoms with Crippen LogP contribution >= 0.6 is 11.6 Å². The maximum absolute atomic E-state index is 12.6. The molecule has 0 atom stereocenters. The summed E-state index contributed by atoms with van der Waals surface area (Å²) in [5.74, 6) is -0.149. The van der Waals surface area contributed by atoms with Crippen molar-refractivity contribution in [2.24, 2.45) is 0 Å². The second-order valence-electron chi connectivity index (χ2n) is 5.31. The summed E-state index contributed by atoms with van der Waals surface area (Å²) in [5, 5.41) is 11.0. The number of carbonyl (C=O) groups excluding carboxylic acids is 1. The van der Waals surface area contributed by atoms with E-state index in [1.54, 1.807) is 6.07 Å². The van der Waals surface area contributed by atoms with Gasteiger partial charge in [0.1, 0.15) is 5.02 Å². The number of nitrogens with zero attached hydrogens (tertiary/aromatic N) is 2. The molecule has 0 aliphatic heterocycles. The van der Waals surface area contributed by atoms with Crippen molar-refractivity contribution in [3.63, 3.8) is 0 Å². The molecule has 114 valence electrons. The third kappa shape index (κ3) is 3.53. The Morgan fingerprint density at radius 3 is 2.62 bits per heavy atom. The van der Waals surface area contributed by atoms with E-state index in [1.807, 2.05) is 11.8 Å². The van der Waals surface area contributed by atoms with Crippen molar-refractivity contribution in [1.29, 1.82) is 0 Å².